The van der Waals surface area contributed by atoms with Crippen LogP contribution in [0.1, 0.15) is 13.3 Å². The molecule has 0 fully saturated rings. The molecule has 0 atom stereocenters. The van der Waals surface area contributed by atoms with Crippen LogP contribution in [0.4, 0.5) is 22.0 Å². The number of nitrogens with one attached hydrogen (secondary N) is 1. The smallest absolute Gasteiger partial charge is 0.323 e. The molecule has 0 saturated carbocycles. The maximum atomic E-state index is 13.3. The van der Waals surface area contributed by atoms with E-state index >= 15 is 0 Å². The van der Waals surface area contributed by atoms with Crippen LogP contribution in [0.5, 0.6) is 6.01 Å². The van der Waals surface area contributed by atoms with Gasteiger partial charge in [0.25, 0.3) is 0 Å². The van der Waals surface area contributed by atoms with E-state index in [1.165, 1.54) is 12.1 Å². The summed E-state index contributed by atoms with van der Waals surface area (Å²) in [5.74, 6) is 5.48. The third-order valence-corrected chi connectivity index (χ3v) is 2.66. The number of benzene rings is 1. The van der Waals surface area contributed by atoms with Gasteiger partial charge in [-0.2, -0.15) is 15.0 Å². The minimum absolute atomic E-state index is 0.165. The first-order chi connectivity index (χ1) is 10.1. The number of aromatic nitrogens is 3. The van der Waals surface area contributed by atoms with E-state index in [2.05, 4.69) is 20.4 Å². The molecule has 0 aliphatic heterocycles. The number of anilines is 3. The number of nitrogen functional groups attached to an aromatic ring is 1. The Morgan fingerprint density at radius 3 is 2.81 bits per heavy atom. The Morgan fingerprint density at radius 1 is 1.33 bits per heavy atom. The Labute approximate surface area is 122 Å². The highest BCUT2D eigenvalue weighted by molar-refractivity contribution is 5.57. The maximum absolute atomic E-state index is 13.3. The molecule has 1 heterocycles. The molecule has 2 rings (SSSR count). The Balaban J connectivity index is 2.32. The van der Waals surface area contributed by atoms with Gasteiger partial charge in [0.05, 0.1) is 6.61 Å². The van der Waals surface area contributed by atoms with E-state index in [-0.39, 0.29) is 17.8 Å². The molecule has 0 saturated heterocycles. The lowest BCUT2D eigenvalue weighted by Gasteiger charge is -2.18. The minimum atomic E-state index is -0.340. The number of hydrogen-bond donors (Lipinski definition) is 2. The second kappa shape index (κ2) is 6.80. The number of rotatable bonds is 6. The van der Waals surface area contributed by atoms with Crippen molar-refractivity contribution >= 4 is 17.6 Å². The summed E-state index contributed by atoms with van der Waals surface area (Å²) in [4.78, 5) is 13.9. The van der Waals surface area contributed by atoms with Crippen LogP contribution in [-0.4, -0.2) is 28.6 Å². The second-order valence-corrected chi connectivity index (χ2v) is 4.27. The van der Waals surface area contributed by atoms with Crippen molar-refractivity contribution in [1.29, 1.82) is 0 Å². The molecule has 0 radical (unpaired) electrons. The molecule has 7 nitrogen and oxygen atoms in total. The zero-order chi connectivity index (χ0) is 15.2. The lowest BCUT2D eigenvalue weighted by molar-refractivity contribution is 0.292. The van der Waals surface area contributed by atoms with Gasteiger partial charge in [0.1, 0.15) is 5.82 Å². The van der Waals surface area contributed by atoms with Gasteiger partial charge in [-0.15, -0.1) is 0 Å². The largest absolute Gasteiger partial charge is 0.463 e. The Bertz CT molecular complexity index is 609. The molecule has 0 spiro atoms. The third-order valence-electron chi connectivity index (χ3n) is 2.66. The van der Waals surface area contributed by atoms with Crippen molar-refractivity contribution in [2.75, 3.05) is 24.0 Å². The zero-order valence-corrected chi connectivity index (χ0v) is 11.9. The second-order valence-electron chi connectivity index (χ2n) is 4.27. The molecule has 1 aromatic heterocycles. The molecule has 0 unspecified atom stereocenters. The zero-order valence-electron chi connectivity index (χ0n) is 11.9. The molecular formula is C13H17FN6O. The van der Waals surface area contributed by atoms with Gasteiger partial charge in [0.15, 0.2) is 0 Å². The summed E-state index contributed by atoms with van der Waals surface area (Å²) in [6.07, 6.45) is 0.826. The normalized spacial score (nSPS) is 10.3. The number of nitrogens with two attached hydrogens (primary N) is 1. The monoisotopic (exact) mass is 292 g/mol. The molecule has 112 valence electrons. The van der Waals surface area contributed by atoms with Gasteiger partial charge in [-0.3, -0.25) is 5.43 Å². The lowest BCUT2D eigenvalue weighted by Crippen LogP contribution is -2.18. The predicted molar refractivity (Wildman–Crippen MR) is 77.9 cm³/mol. The summed E-state index contributed by atoms with van der Waals surface area (Å²) >= 11 is 0. The van der Waals surface area contributed by atoms with Crippen molar-refractivity contribution in [2.24, 2.45) is 5.84 Å². The Kier molecular flexibility index (Phi) is 4.83. The first kappa shape index (κ1) is 14.9. The van der Waals surface area contributed by atoms with Gasteiger partial charge in [0, 0.05) is 12.7 Å². The quantitative estimate of drug-likeness (QED) is 0.620. The van der Waals surface area contributed by atoms with E-state index < -0.39 is 0 Å². The van der Waals surface area contributed by atoms with Crippen LogP contribution < -0.4 is 20.9 Å². The van der Waals surface area contributed by atoms with Crippen LogP contribution in [0.2, 0.25) is 0 Å². The van der Waals surface area contributed by atoms with Gasteiger partial charge < -0.3 is 9.64 Å². The predicted octanol–water partition coefficient (Wildman–Crippen LogP) is 1.85. The molecule has 0 aliphatic rings. The number of ether oxygens (including phenoxy) is 1. The molecule has 21 heavy (non-hydrogen) atoms. The molecule has 0 bridgehead atoms. The molecule has 2 aromatic rings. The van der Waals surface area contributed by atoms with Crippen molar-refractivity contribution in [3.05, 3.63) is 30.1 Å². The summed E-state index contributed by atoms with van der Waals surface area (Å²) < 4.78 is 18.7. The van der Waals surface area contributed by atoms with E-state index in [0.29, 0.717) is 18.2 Å². The molecule has 0 amide bonds. The Morgan fingerprint density at radius 2 is 2.14 bits per heavy atom. The number of hydrogen-bond acceptors (Lipinski definition) is 7. The van der Waals surface area contributed by atoms with Crippen LogP contribution in [0.15, 0.2) is 24.3 Å². The number of halogens is 1. The molecule has 1 aromatic carbocycles. The number of nitrogens with zero attached hydrogens (tertiary/aromatic N) is 4. The molecular weight excluding hydrogens is 275 g/mol. The van der Waals surface area contributed by atoms with Crippen molar-refractivity contribution < 1.29 is 9.13 Å². The topological polar surface area (TPSA) is 89.2 Å². The SMILES string of the molecule is CCCOc1nc(NN)nc(N(C)c2cccc(F)c2)n1. The minimum Gasteiger partial charge on any atom is -0.463 e. The highest BCUT2D eigenvalue weighted by Gasteiger charge is 2.12. The average Bonchev–Trinajstić information content (AvgIpc) is 2.51. The van der Waals surface area contributed by atoms with Crippen LogP contribution in [0, 0.1) is 5.82 Å². The van der Waals surface area contributed by atoms with Crippen LogP contribution in [0.3, 0.4) is 0 Å². The first-order valence-electron chi connectivity index (χ1n) is 6.48. The van der Waals surface area contributed by atoms with E-state index in [9.17, 15) is 4.39 Å². The fourth-order valence-electron chi connectivity index (χ4n) is 1.62. The van der Waals surface area contributed by atoms with Gasteiger partial charge in [0.2, 0.25) is 11.9 Å². The summed E-state index contributed by atoms with van der Waals surface area (Å²) in [5, 5.41) is 0. The third kappa shape index (κ3) is 3.76. The van der Waals surface area contributed by atoms with Crippen molar-refractivity contribution in [2.45, 2.75) is 13.3 Å². The molecule has 8 heteroatoms. The van der Waals surface area contributed by atoms with Crippen molar-refractivity contribution in [3.8, 4) is 6.01 Å². The van der Waals surface area contributed by atoms with Crippen LogP contribution in [-0.2, 0) is 0 Å². The van der Waals surface area contributed by atoms with Crippen LogP contribution >= 0.6 is 0 Å². The lowest BCUT2D eigenvalue weighted by atomic mass is 10.3. The van der Waals surface area contributed by atoms with Gasteiger partial charge in [-0.1, -0.05) is 13.0 Å². The standard InChI is InChI=1S/C13H17FN6O/c1-3-7-21-13-17-11(19-15)16-12(18-13)20(2)10-6-4-5-9(14)8-10/h4-6,8H,3,7,15H2,1-2H3,(H,16,17,18,19). The Hall–Kier alpha value is -2.48. The fourth-order valence-corrected chi connectivity index (χ4v) is 1.62. The molecule has 3 N–H and O–H groups in total. The van der Waals surface area contributed by atoms with Crippen LogP contribution in [0.25, 0.3) is 0 Å². The highest BCUT2D eigenvalue weighted by Crippen LogP contribution is 2.22. The summed E-state index contributed by atoms with van der Waals surface area (Å²) in [7, 11) is 1.72. The van der Waals surface area contributed by atoms with Crippen molar-refractivity contribution in [1.82, 2.24) is 15.0 Å². The van der Waals surface area contributed by atoms with Gasteiger partial charge in [-0.05, 0) is 24.6 Å². The summed E-state index contributed by atoms with van der Waals surface area (Å²) in [6.45, 7) is 2.46. The molecule has 0 aliphatic carbocycles. The average molecular weight is 292 g/mol. The van der Waals surface area contributed by atoms with E-state index in [1.54, 1.807) is 24.1 Å². The van der Waals surface area contributed by atoms with Gasteiger partial charge in [-0.25, -0.2) is 10.2 Å². The van der Waals surface area contributed by atoms with E-state index in [0.717, 1.165) is 6.42 Å². The first-order valence-corrected chi connectivity index (χ1v) is 6.48. The number of hydrazine groups is 1. The highest BCUT2D eigenvalue weighted by atomic mass is 19.1. The summed E-state index contributed by atoms with van der Waals surface area (Å²) in [6, 6.07) is 6.27. The van der Waals surface area contributed by atoms with Gasteiger partial charge >= 0.3 is 6.01 Å². The maximum Gasteiger partial charge on any atom is 0.323 e. The van der Waals surface area contributed by atoms with E-state index in [4.69, 9.17) is 10.6 Å². The van der Waals surface area contributed by atoms with Crippen molar-refractivity contribution in [3.63, 3.8) is 0 Å². The summed E-state index contributed by atoms with van der Waals surface area (Å²) in [5.41, 5.74) is 2.96. The van der Waals surface area contributed by atoms with E-state index in [1.807, 2.05) is 6.92 Å². The fraction of sp³-hybridized carbons (Fsp3) is 0.308.